The Morgan fingerprint density at radius 2 is 1.95 bits per heavy atom. The van der Waals surface area contributed by atoms with E-state index in [0.717, 1.165) is 22.1 Å². The van der Waals surface area contributed by atoms with Gasteiger partial charge in [-0.1, -0.05) is 39.7 Å². The first kappa shape index (κ1) is 13.4. The summed E-state index contributed by atoms with van der Waals surface area (Å²) in [5.41, 5.74) is 5.75. The molecule has 0 fully saturated rings. The van der Waals surface area contributed by atoms with Gasteiger partial charge in [-0.3, -0.25) is 4.79 Å². The SMILES string of the molecule is Cc1ccc(C)c(CC2C(=O)Nc3ccc(Br)cc32)c1. The van der Waals surface area contributed by atoms with Crippen LogP contribution in [0, 0.1) is 13.8 Å². The van der Waals surface area contributed by atoms with Gasteiger partial charge >= 0.3 is 0 Å². The molecule has 1 unspecified atom stereocenters. The molecule has 20 heavy (non-hydrogen) atoms. The van der Waals surface area contributed by atoms with Gasteiger partial charge in [0.05, 0.1) is 5.92 Å². The van der Waals surface area contributed by atoms with Crippen LogP contribution < -0.4 is 5.32 Å². The van der Waals surface area contributed by atoms with Crippen LogP contribution in [0.25, 0.3) is 0 Å². The second kappa shape index (κ2) is 5.06. The topological polar surface area (TPSA) is 29.1 Å². The molecule has 1 heterocycles. The van der Waals surface area contributed by atoms with Crippen LogP contribution in [0.15, 0.2) is 40.9 Å². The van der Waals surface area contributed by atoms with Crippen molar-refractivity contribution >= 4 is 27.5 Å². The van der Waals surface area contributed by atoms with E-state index in [1.165, 1.54) is 16.7 Å². The van der Waals surface area contributed by atoms with Gasteiger partial charge in [-0.25, -0.2) is 0 Å². The maximum absolute atomic E-state index is 12.2. The number of hydrogen-bond donors (Lipinski definition) is 1. The lowest BCUT2D eigenvalue weighted by molar-refractivity contribution is -0.117. The molecule has 0 bridgehead atoms. The minimum atomic E-state index is -0.0944. The molecule has 1 amide bonds. The van der Waals surface area contributed by atoms with E-state index >= 15 is 0 Å². The number of benzene rings is 2. The summed E-state index contributed by atoms with van der Waals surface area (Å²) in [7, 11) is 0. The Bertz CT molecular complexity index is 693. The maximum Gasteiger partial charge on any atom is 0.232 e. The van der Waals surface area contributed by atoms with Crippen LogP contribution in [0.1, 0.15) is 28.2 Å². The molecule has 1 atom stereocenters. The fraction of sp³-hybridized carbons (Fsp3) is 0.235. The quantitative estimate of drug-likeness (QED) is 0.872. The predicted molar refractivity (Wildman–Crippen MR) is 85.1 cm³/mol. The molecule has 102 valence electrons. The molecule has 0 saturated heterocycles. The number of carbonyl (C=O) groups is 1. The van der Waals surface area contributed by atoms with E-state index in [9.17, 15) is 4.79 Å². The largest absolute Gasteiger partial charge is 0.325 e. The summed E-state index contributed by atoms with van der Waals surface area (Å²) in [6.45, 7) is 4.19. The monoisotopic (exact) mass is 329 g/mol. The highest BCUT2D eigenvalue weighted by Crippen LogP contribution is 2.37. The molecule has 2 nitrogen and oxygen atoms in total. The molecule has 2 aromatic rings. The second-order valence-electron chi connectivity index (χ2n) is 5.41. The van der Waals surface area contributed by atoms with Crippen molar-refractivity contribution in [2.45, 2.75) is 26.2 Å². The molecule has 3 heteroatoms. The molecule has 1 N–H and O–H groups in total. The lowest BCUT2D eigenvalue weighted by Crippen LogP contribution is -2.14. The van der Waals surface area contributed by atoms with Crippen LogP contribution in [0.4, 0.5) is 5.69 Å². The lowest BCUT2D eigenvalue weighted by atomic mass is 9.90. The Labute approximate surface area is 127 Å². The zero-order chi connectivity index (χ0) is 14.3. The van der Waals surface area contributed by atoms with Crippen LogP contribution in [0.2, 0.25) is 0 Å². The molecule has 1 aliphatic rings. The molecule has 0 saturated carbocycles. The highest BCUT2D eigenvalue weighted by molar-refractivity contribution is 9.10. The third-order valence-corrected chi connectivity index (χ3v) is 4.39. The molecule has 0 spiro atoms. The summed E-state index contributed by atoms with van der Waals surface area (Å²) in [6.07, 6.45) is 0.753. The van der Waals surface area contributed by atoms with E-state index in [1.807, 2.05) is 18.2 Å². The molecule has 0 radical (unpaired) electrons. The normalized spacial score (nSPS) is 16.9. The zero-order valence-electron chi connectivity index (χ0n) is 11.5. The summed E-state index contributed by atoms with van der Waals surface area (Å²) in [5.74, 6) is 0.00186. The standard InChI is InChI=1S/C17H16BrNO/c1-10-3-4-11(2)12(7-10)8-15-14-9-13(18)5-6-16(14)19-17(15)20/h3-7,9,15H,8H2,1-2H3,(H,19,20). The molecule has 0 aliphatic carbocycles. The highest BCUT2D eigenvalue weighted by atomic mass is 79.9. The van der Waals surface area contributed by atoms with E-state index in [1.54, 1.807) is 0 Å². The molecule has 3 rings (SSSR count). The third kappa shape index (κ3) is 2.38. The summed E-state index contributed by atoms with van der Waals surface area (Å²) in [6, 6.07) is 12.4. The molecular formula is C17H16BrNO. The summed E-state index contributed by atoms with van der Waals surface area (Å²) in [4.78, 5) is 12.2. The van der Waals surface area contributed by atoms with Gasteiger partial charge in [-0.15, -0.1) is 0 Å². The maximum atomic E-state index is 12.2. The van der Waals surface area contributed by atoms with E-state index in [2.05, 4.69) is 53.3 Å². The fourth-order valence-corrected chi connectivity index (χ4v) is 3.12. The van der Waals surface area contributed by atoms with E-state index < -0.39 is 0 Å². The number of rotatable bonds is 2. The van der Waals surface area contributed by atoms with Crippen molar-refractivity contribution in [2.75, 3.05) is 5.32 Å². The second-order valence-corrected chi connectivity index (χ2v) is 6.32. The lowest BCUT2D eigenvalue weighted by Gasteiger charge is -2.12. The minimum absolute atomic E-state index is 0.0944. The van der Waals surface area contributed by atoms with Crippen molar-refractivity contribution < 1.29 is 4.79 Å². The van der Waals surface area contributed by atoms with Gasteiger partial charge in [0.25, 0.3) is 0 Å². The first-order valence-corrected chi connectivity index (χ1v) is 7.50. The van der Waals surface area contributed by atoms with Crippen LogP contribution in [0.5, 0.6) is 0 Å². The van der Waals surface area contributed by atoms with Gasteiger partial charge in [0.1, 0.15) is 0 Å². The van der Waals surface area contributed by atoms with Crippen molar-refractivity contribution in [3.05, 3.63) is 63.1 Å². The number of aryl methyl sites for hydroxylation is 2. The molecular weight excluding hydrogens is 314 g/mol. The predicted octanol–water partition coefficient (Wildman–Crippen LogP) is 4.34. The van der Waals surface area contributed by atoms with Gasteiger partial charge < -0.3 is 5.32 Å². The van der Waals surface area contributed by atoms with E-state index in [0.29, 0.717) is 0 Å². The summed E-state index contributed by atoms with van der Waals surface area (Å²) >= 11 is 3.48. The average Bonchev–Trinajstić information content (AvgIpc) is 2.70. The molecule has 0 aromatic heterocycles. The Kier molecular flexibility index (Phi) is 3.38. The van der Waals surface area contributed by atoms with Gasteiger partial charge in [0, 0.05) is 10.2 Å². The van der Waals surface area contributed by atoms with E-state index in [-0.39, 0.29) is 11.8 Å². The van der Waals surface area contributed by atoms with Crippen LogP contribution in [-0.2, 0) is 11.2 Å². The first-order chi connectivity index (χ1) is 9.54. The Morgan fingerprint density at radius 1 is 1.15 bits per heavy atom. The van der Waals surface area contributed by atoms with E-state index in [4.69, 9.17) is 0 Å². The number of amides is 1. The van der Waals surface area contributed by atoms with Gasteiger partial charge in [0.2, 0.25) is 5.91 Å². The Morgan fingerprint density at radius 3 is 2.75 bits per heavy atom. The van der Waals surface area contributed by atoms with Crippen molar-refractivity contribution in [3.63, 3.8) is 0 Å². The summed E-state index contributed by atoms with van der Waals surface area (Å²) < 4.78 is 1.01. The fourth-order valence-electron chi connectivity index (χ4n) is 2.74. The van der Waals surface area contributed by atoms with Gasteiger partial charge in [0.15, 0.2) is 0 Å². The molecule has 2 aromatic carbocycles. The Hall–Kier alpha value is -1.61. The van der Waals surface area contributed by atoms with Gasteiger partial charge in [-0.05, 0) is 55.2 Å². The van der Waals surface area contributed by atoms with Crippen LogP contribution >= 0.6 is 15.9 Å². The zero-order valence-corrected chi connectivity index (χ0v) is 13.1. The molecule has 1 aliphatic heterocycles. The first-order valence-electron chi connectivity index (χ1n) is 6.71. The smallest absolute Gasteiger partial charge is 0.232 e. The van der Waals surface area contributed by atoms with Crippen molar-refractivity contribution in [3.8, 4) is 0 Å². The Balaban J connectivity index is 1.97. The third-order valence-electron chi connectivity index (χ3n) is 3.89. The average molecular weight is 330 g/mol. The number of anilines is 1. The number of hydrogen-bond acceptors (Lipinski definition) is 1. The van der Waals surface area contributed by atoms with Gasteiger partial charge in [-0.2, -0.15) is 0 Å². The van der Waals surface area contributed by atoms with Crippen molar-refractivity contribution in [1.82, 2.24) is 0 Å². The van der Waals surface area contributed by atoms with Crippen molar-refractivity contribution in [1.29, 1.82) is 0 Å². The number of carbonyl (C=O) groups excluding carboxylic acids is 1. The van der Waals surface area contributed by atoms with Crippen molar-refractivity contribution in [2.24, 2.45) is 0 Å². The van der Waals surface area contributed by atoms with Crippen LogP contribution in [0.3, 0.4) is 0 Å². The minimum Gasteiger partial charge on any atom is -0.325 e. The number of halogens is 1. The number of fused-ring (bicyclic) bond motifs is 1. The number of nitrogens with one attached hydrogen (secondary N) is 1. The van der Waals surface area contributed by atoms with Crippen LogP contribution in [-0.4, -0.2) is 5.91 Å². The highest BCUT2D eigenvalue weighted by Gasteiger charge is 2.30. The summed E-state index contributed by atoms with van der Waals surface area (Å²) in [5, 5.41) is 2.97.